The molecule has 0 spiro atoms. The predicted octanol–water partition coefficient (Wildman–Crippen LogP) is 3.11. The standard InChI is InChI=1S/C14H18BrNO3/c15-11-7-9(14(18)19)5-6-12(11)16-8-10-3-1-2-4-13(10)17/h5-7,10,13,16-17H,1-4,8H2,(H,18,19). The van der Waals surface area contributed by atoms with E-state index < -0.39 is 5.97 Å². The molecule has 1 aromatic carbocycles. The highest BCUT2D eigenvalue weighted by atomic mass is 79.9. The van der Waals surface area contributed by atoms with Gasteiger partial charge in [-0.25, -0.2) is 4.79 Å². The van der Waals surface area contributed by atoms with E-state index in [4.69, 9.17) is 5.11 Å². The summed E-state index contributed by atoms with van der Waals surface area (Å²) >= 11 is 3.37. The summed E-state index contributed by atoms with van der Waals surface area (Å²) in [6.07, 6.45) is 3.97. The molecule has 0 aromatic heterocycles. The summed E-state index contributed by atoms with van der Waals surface area (Å²) in [5.74, 6) is -0.658. The molecule has 1 aliphatic carbocycles. The molecule has 3 N–H and O–H groups in total. The van der Waals surface area contributed by atoms with Crippen molar-refractivity contribution in [1.82, 2.24) is 0 Å². The molecular weight excluding hydrogens is 310 g/mol. The van der Waals surface area contributed by atoms with Gasteiger partial charge in [0.2, 0.25) is 0 Å². The SMILES string of the molecule is O=C(O)c1ccc(NCC2CCCCC2O)c(Br)c1. The monoisotopic (exact) mass is 327 g/mol. The van der Waals surface area contributed by atoms with Crippen molar-refractivity contribution in [3.63, 3.8) is 0 Å². The molecule has 5 heteroatoms. The number of aromatic carboxylic acids is 1. The third-order valence-electron chi connectivity index (χ3n) is 3.64. The van der Waals surface area contributed by atoms with Gasteiger partial charge in [0.25, 0.3) is 0 Å². The van der Waals surface area contributed by atoms with Crippen LogP contribution < -0.4 is 5.32 Å². The van der Waals surface area contributed by atoms with Crippen LogP contribution in [0.1, 0.15) is 36.0 Å². The van der Waals surface area contributed by atoms with Gasteiger partial charge in [0.1, 0.15) is 0 Å². The van der Waals surface area contributed by atoms with Gasteiger partial charge in [0, 0.05) is 22.6 Å². The third kappa shape index (κ3) is 3.70. The maximum absolute atomic E-state index is 10.8. The highest BCUT2D eigenvalue weighted by Crippen LogP contribution is 2.27. The molecule has 0 saturated heterocycles. The minimum atomic E-state index is -0.935. The second-order valence-corrected chi connectivity index (χ2v) is 5.85. The van der Waals surface area contributed by atoms with E-state index in [0.29, 0.717) is 6.54 Å². The zero-order valence-corrected chi connectivity index (χ0v) is 12.2. The van der Waals surface area contributed by atoms with Crippen LogP contribution >= 0.6 is 15.9 Å². The van der Waals surface area contributed by atoms with E-state index >= 15 is 0 Å². The Morgan fingerprint density at radius 1 is 1.37 bits per heavy atom. The Morgan fingerprint density at radius 3 is 2.74 bits per heavy atom. The Kier molecular flexibility index (Phi) is 4.82. The van der Waals surface area contributed by atoms with Crippen molar-refractivity contribution in [3.8, 4) is 0 Å². The van der Waals surface area contributed by atoms with Crippen LogP contribution in [0.2, 0.25) is 0 Å². The third-order valence-corrected chi connectivity index (χ3v) is 4.30. The second-order valence-electron chi connectivity index (χ2n) is 4.99. The zero-order valence-electron chi connectivity index (χ0n) is 10.6. The van der Waals surface area contributed by atoms with Crippen molar-refractivity contribution < 1.29 is 15.0 Å². The number of hydrogen-bond donors (Lipinski definition) is 3. The second kappa shape index (κ2) is 6.39. The molecule has 104 valence electrons. The fourth-order valence-electron chi connectivity index (χ4n) is 2.46. The van der Waals surface area contributed by atoms with Gasteiger partial charge in [-0.1, -0.05) is 12.8 Å². The van der Waals surface area contributed by atoms with Crippen LogP contribution in [0, 0.1) is 5.92 Å². The molecule has 0 heterocycles. The molecule has 0 amide bonds. The van der Waals surface area contributed by atoms with Gasteiger partial charge in [0.05, 0.1) is 11.7 Å². The number of carboxylic acids is 1. The Balaban J connectivity index is 1.97. The largest absolute Gasteiger partial charge is 0.478 e. The number of rotatable bonds is 4. The van der Waals surface area contributed by atoms with E-state index in [0.717, 1.165) is 29.4 Å². The summed E-state index contributed by atoms with van der Waals surface area (Å²) in [5, 5.41) is 22.1. The fourth-order valence-corrected chi connectivity index (χ4v) is 2.98. The van der Waals surface area contributed by atoms with Crippen molar-refractivity contribution in [2.24, 2.45) is 5.92 Å². The topological polar surface area (TPSA) is 69.6 Å². The predicted molar refractivity (Wildman–Crippen MR) is 77.6 cm³/mol. The maximum Gasteiger partial charge on any atom is 0.335 e. The van der Waals surface area contributed by atoms with Crippen LogP contribution in [-0.2, 0) is 0 Å². The first kappa shape index (κ1) is 14.3. The van der Waals surface area contributed by atoms with Crippen LogP contribution in [-0.4, -0.2) is 28.8 Å². The van der Waals surface area contributed by atoms with Crippen molar-refractivity contribution in [2.45, 2.75) is 31.8 Å². The summed E-state index contributed by atoms with van der Waals surface area (Å²) in [6, 6.07) is 4.91. The first-order valence-corrected chi connectivity index (χ1v) is 7.32. The molecule has 1 aliphatic rings. The van der Waals surface area contributed by atoms with Crippen molar-refractivity contribution in [3.05, 3.63) is 28.2 Å². The average Bonchev–Trinajstić information content (AvgIpc) is 2.39. The normalized spacial score (nSPS) is 23.1. The van der Waals surface area contributed by atoms with Gasteiger partial charge < -0.3 is 15.5 Å². The van der Waals surface area contributed by atoms with E-state index in [9.17, 15) is 9.90 Å². The fraction of sp³-hybridized carbons (Fsp3) is 0.500. The van der Waals surface area contributed by atoms with Gasteiger partial charge in [-0.3, -0.25) is 0 Å². The molecule has 2 atom stereocenters. The number of aliphatic hydroxyl groups excluding tert-OH is 1. The Bertz CT molecular complexity index is 464. The minimum Gasteiger partial charge on any atom is -0.478 e. The molecule has 0 aliphatic heterocycles. The number of aliphatic hydroxyl groups is 1. The quantitative estimate of drug-likeness (QED) is 0.794. The van der Waals surface area contributed by atoms with E-state index in [2.05, 4.69) is 21.2 Å². The Labute approximate surface area is 121 Å². The summed E-state index contributed by atoms with van der Waals surface area (Å²) in [5.41, 5.74) is 1.12. The van der Waals surface area contributed by atoms with Crippen LogP contribution in [0.3, 0.4) is 0 Å². The molecule has 0 bridgehead atoms. The lowest BCUT2D eigenvalue weighted by molar-refractivity contribution is 0.0696. The maximum atomic E-state index is 10.8. The molecule has 1 fully saturated rings. The summed E-state index contributed by atoms with van der Waals surface area (Å²) in [4.78, 5) is 10.8. The lowest BCUT2D eigenvalue weighted by Crippen LogP contribution is -2.30. The molecular formula is C14H18BrNO3. The van der Waals surface area contributed by atoms with Gasteiger partial charge in [-0.05, 0) is 47.0 Å². The van der Waals surface area contributed by atoms with E-state index in [1.807, 2.05) is 0 Å². The van der Waals surface area contributed by atoms with E-state index in [1.165, 1.54) is 6.42 Å². The number of carbonyl (C=O) groups is 1. The highest BCUT2D eigenvalue weighted by molar-refractivity contribution is 9.10. The molecule has 1 saturated carbocycles. The van der Waals surface area contributed by atoms with Crippen LogP contribution in [0.4, 0.5) is 5.69 Å². The number of nitrogens with one attached hydrogen (secondary N) is 1. The molecule has 2 unspecified atom stereocenters. The van der Waals surface area contributed by atoms with Crippen molar-refractivity contribution in [1.29, 1.82) is 0 Å². The Hall–Kier alpha value is -1.07. The summed E-state index contributed by atoms with van der Waals surface area (Å²) in [7, 11) is 0. The van der Waals surface area contributed by atoms with Crippen molar-refractivity contribution >= 4 is 27.6 Å². The number of hydrogen-bond acceptors (Lipinski definition) is 3. The van der Waals surface area contributed by atoms with E-state index in [1.54, 1.807) is 18.2 Å². The van der Waals surface area contributed by atoms with E-state index in [-0.39, 0.29) is 17.6 Å². The van der Waals surface area contributed by atoms with Gasteiger partial charge in [-0.2, -0.15) is 0 Å². The number of halogens is 1. The lowest BCUT2D eigenvalue weighted by Gasteiger charge is -2.28. The summed E-state index contributed by atoms with van der Waals surface area (Å²) < 4.78 is 0.734. The molecule has 0 radical (unpaired) electrons. The van der Waals surface area contributed by atoms with Gasteiger partial charge in [0.15, 0.2) is 0 Å². The van der Waals surface area contributed by atoms with Crippen LogP contribution in [0.15, 0.2) is 22.7 Å². The van der Waals surface area contributed by atoms with Gasteiger partial charge >= 0.3 is 5.97 Å². The lowest BCUT2D eigenvalue weighted by atomic mass is 9.86. The number of anilines is 1. The number of carboxylic acid groups (broad SMARTS) is 1. The van der Waals surface area contributed by atoms with Crippen molar-refractivity contribution in [2.75, 3.05) is 11.9 Å². The summed E-state index contributed by atoms with van der Waals surface area (Å²) in [6.45, 7) is 0.714. The average molecular weight is 328 g/mol. The minimum absolute atomic E-state index is 0.224. The number of benzene rings is 1. The molecule has 4 nitrogen and oxygen atoms in total. The molecule has 19 heavy (non-hydrogen) atoms. The van der Waals surface area contributed by atoms with Crippen LogP contribution in [0.5, 0.6) is 0 Å². The smallest absolute Gasteiger partial charge is 0.335 e. The highest BCUT2D eigenvalue weighted by Gasteiger charge is 2.22. The zero-order chi connectivity index (χ0) is 13.8. The first-order valence-electron chi connectivity index (χ1n) is 6.52. The molecule has 2 rings (SSSR count). The van der Waals surface area contributed by atoms with Crippen LogP contribution in [0.25, 0.3) is 0 Å². The Morgan fingerprint density at radius 2 is 2.11 bits per heavy atom. The first-order chi connectivity index (χ1) is 9.08. The van der Waals surface area contributed by atoms with Gasteiger partial charge in [-0.15, -0.1) is 0 Å². The molecule has 1 aromatic rings.